The van der Waals surface area contributed by atoms with Gasteiger partial charge in [-0.25, -0.2) is 0 Å². The second-order valence-electron chi connectivity index (χ2n) is 3.37. The molecular formula is C13H16ClNO2. The molecule has 0 atom stereocenters. The first kappa shape index (κ1) is 13.7. The lowest BCUT2D eigenvalue weighted by Crippen LogP contribution is -2.13. The van der Waals surface area contributed by atoms with Crippen LogP contribution in [0.2, 0.25) is 5.02 Å². The van der Waals surface area contributed by atoms with E-state index in [2.05, 4.69) is 11.2 Å². The summed E-state index contributed by atoms with van der Waals surface area (Å²) in [6.07, 6.45) is 5.19. The van der Waals surface area contributed by atoms with Crippen molar-refractivity contribution in [3.05, 3.63) is 22.7 Å². The van der Waals surface area contributed by atoms with Crippen LogP contribution in [-0.4, -0.2) is 20.3 Å². The number of halogens is 1. The molecule has 0 saturated carbocycles. The summed E-state index contributed by atoms with van der Waals surface area (Å²) in [5, 5.41) is 3.83. The van der Waals surface area contributed by atoms with E-state index >= 15 is 0 Å². The molecule has 0 spiro atoms. The minimum absolute atomic E-state index is 0.205. The van der Waals surface area contributed by atoms with E-state index in [9.17, 15) is 0 Å². The average molecular weight is 254 g/mol. The number of rotatable bonds is 6. The van der Waals surface area contributed by atoms with E-state index in [1.807, 2.05) is 13.0 Å². The Kier molecular flexibility index (Phi) is 5.68. The van der Waals surface area contributed by atoms with Crippen molar-refractivity contribution in [2.24, 2.45) is 0 Å². The normalized spacial score (nSPS) is 9.76. The zero-order valence-electron chi connectivity index (χ0n) is 10.0. The van der Waals surface area contributed by atoms with Crippen LogP contribution >= 0.6 is 11.6 Å². The molecule has 0 heterocycles. The number of hydrogen-bond acceptors (Lipinski definition) is 3. The van der Waals surface area contributed by atoms with Gasteiger partial charge in [0.15, 0.2) is 11.5 Å². The largest absolute Gasteiger partial charge is 0.493 e. The molecule has 0 aromatic heterocycles. The van der Waals surface area contributed by atoms with Crippen LogP contribution in [0.1, 0.15) is 12.5 Å². The van der Waals surface area contributed by atoms with Gasteiger partial charge < -0.3 is 14.8 Å². The molecule has 0 aliphatic rings. The lowest BCUT2D eigenvalue weighted by molar-refractivity contribution is 0.327. The van der Waals surface area contributed by atoms with Crippen molar-refractivity contribution in [2.45, 2.75) is 13.5 Å². The summed E-state index contributed by atoms with van der Waals surface area (Å²) in [7, 11) is 1.57. The van der Waals surface area contributed by atoms with E-state index in [4.69, 9.17) is 27.5 Å². The molecule has 0 aliphatic carbocycles. The van der Waals surface area contributed by atoms with Crippen molar-refractivity contribution in [1.82, 2.24) is 5.32 Å². The molecule has 4 heteroatoms. The molecule has 1 aromatic carbocycles. The highest BCUT2D eigenvalue weighted by Gasteiger charge is 2.12. The molecule has 3 nitrogen and oxygen atoms in total. The van der Waals surface area contributed by atoms with Crippen LogP contribution in [0.4, 0.5) is 0 Å². The molecule has 1 aromatic rings. The molecular weight excluding hydrogens is 238 g/mol. The van der Waals surface area contributed by atoms with Gasteiger partial charge in [0, 0.05) is 23.2 Å². The summed E-state index contributed by atoms with van der Waals surface area (Å²) in [5.74, 6) is 3.68. The second kappa shape index (κ2) is 7.05. The zero-order valence-corrected chi connectivity index (χ0v) is 10.8. The summed E-state index contributed by atoms with van der Waals surface area (Å²) in [6.45, 7) is 3.76. The van der Waals surface area contributed by atoms with Crippen LogP contribution in [0, 0.1) is 12.3 Å². The fourth-order valence-corrected chi connectivity index (χ4v) is 1.67. The maximum atomic E-state index is 6.01. The van der Waals surface area contributed by atoms with Gasteiger partial charge in [0.1, 0.15) is 6.61 Å². The standard InChI is InChI=1S/C13H16ClNO2/c1-4-6-17-13-10(9-15-5-2)7-11(14)8-12(13)16-3/h1,7-8,15H,5-6,9H2,2-3H3. The predicted molar refractivity (Wildman–Crippen MR) is 69.7 cm³/mol. The van der Waals surface area contributed by atoms with Gasteiger partial charge in [-0.15, -0.1) is 6.42 Å². The molecule has 0 unspecified atom stereocenters. The van der Waals surface area contributed by atoms with Crippen molar-refractivity contribution in [3.63, 3.8) is 0 Å². The number of methoxy groups -OCH3 is 1. The maximum absolute atomic E-state index is 6.01. The minimum Gasteiger partial charge on any atom is -0.493 e. The molecule has 0 bridgehead atoms. The number of hydrogen-bond donors (Lipinski definition) is 1. The fraction of sp³-hybridized carbons (Fsp3) is 0.385. The minimum atomic E-state index is 0.205. The molecule has 0 aliphatic heterocycles. The Labute approximate surface area is 107 Å². The van der Waals surface area contributed by atoms with Gasteiger partial charge in [-0.1, -0.05) is 24.4 Å². The maximum Gasteiger partial charge on any atom is 0.167 e. The molecule has 0 fully saturated rings. The van der Waals surface area contributed by atoms with Gasteiger partial charge in [-0.2, -0.15) is 0 Å². The molecule has 17 heavy (non-hydrogen) atoms. The molecule has 0 radical (unpaired) electrons. The molecule has 92 valence electrons. The summed E-state index contributed by atoms with van der Waals surface area (Å²) >= 11 is 6.01. The number of ether oxygens (including phenoxy) is 2. The van der Waals surface area contributed by atoms with Gasteiger partial charge in [0.25, 0.3) is 0 Å². The highest BCUT2D eigenvalue weighted by Crippen LogP contribution is 2.34. The van der Waals surface area contributed by atoms with Crippen LogP contribution in [0.3, 0.4) is 0 Å². The third-order valence-corrected chi connectivity index (χ3v) is 2.40. The van der Waals surface area contributed by atoms with E-state index in [1.54, 1.807) is 13.2 Å². The van der Waals surface area contributed by atoms with Crippen LogP contribution in [0.25, 0.3) is 0 Å². The molecule has 0 amide bonds. The van der Waals surface area contributed by atoms with Gasteiger partial charge in [0.2, 0.25) is 0 Å². The summed E-state index contributed by atoms with van der Waals surface area (Å²) in [5.41, 5.74) is 0.937. The first-order chi connectivity index (χ1) is 8.22. The lowest BCUT2D eigenvalue weighted by atomic mass is 10.2. The van der Waals surface area contributed by atoms with Gasteiger partial charge in [0.05, 0.1) is 7.11 Å². The highest BCUT2D eigenvalue weighted by molar-refractivity contribution is 6.30. The lowest BCUT2D eigenvalue weighted by Gasteiger charge is -2.14. The topological polar surface area (TPSA) is 30.5 Å². The smallest absolute Gasteiger partial charge is 0.167 e. The number of nitrogens with one attached hydrogen (secondary N) is 1. The fourth-order valence-electron chi connectivity index (χ4n) is 1.44. The SMILES string of the molecule is C#CCOc1c(CNCC)cc(Cl)cc1OC. The Hall–Kier alpha value is -1.37. The van der Waals surface area contributed by atoms with Crippen molar-refractivity contribution in [3.8, 4) is 23.8 Å². The zero-order chi connectivity index (χ0) is 12.7. The molecule has 1 N–H and O–H groups in total. The summed E-state index contributed by atoms with van der Waals surface area (Å²) < 4.78 is 10.7. The Morgan fingerprint density at radius 3 is 2.82 bits per heavy atom. The summed E-state index contributed by atoms with van der Waals surface area (Å²) in [6, 6.07) is 3.56. The van der Waals surface area contributed by atoms with E-state index in [0.717, 1.165) is 12.1 Å². The molecule has 0 saturated heterocycles. The van der Waals surface area contributed by atoms with E-state index in [-0.39, 0.29) is 6.61 Å². The Morgan fingerprint density at radius 1 is 1.47 bits per heavy atom. The Bertz CT molecular complexity index is 413. The van der Waals surface area contributed by atoms with Gasteiger partial charge in [-0.3, -0.25) is 0 Å². The molecule has 1 rings (SSSR count). The average Bonchev–Trinajstić information content (AvgIpc) is 2.34. The van der Waals surface area contributed by atoms with Gasteiger partial charge in [-0.05, 0) is 12.6 Å². The second-order valence-corrected chi connectivity index (χ2v) is 3.81. The highest BCUT2D eigenvalue weighted by atomic mass is 35.5. The third kappa shape index (κ3) is 3.85. The van der Waals surface area contributed by atoms with E-state index in [1.165, 1.54) is 0 Å². The number of terminal acetylenes is 1. The quantitative estimate of drug-likeness (QED) is 0.790. The van der Waals surface area contributed by atoms with Crippen LogP contribution in [-0.2, 0) is 6.54 Å². The van der Waals surface area contributed by atoms with Crippen LogP contribution < -0.4 is 14.8 Å². The first-order valence-electron chi connectivity index (χ1n) is 5.36. The Morgan fingerprint density at radius 2 is 2.24 bits per heavy atom. The Balaban J connectivity index is 3.05. The number of benzene rings is 1. The van der Waals surface area contributed by atoms with Crippen molar-refractivity contribution < 1.29 is 9.47 Å². The monoisotopic (exact) mass is 253 g/mol. The van der Waals surface area contributed by atoms with E-state index in [0.29, 0.717) is 23.1 Å². The van der Waals surface area contributed by atoms with Crippen LogP contribution in [0.5, 0.6) is 11.5 Å². The van der Waals surface area contributed by atoms with Crippen LogP contribution in [0.15, 0.2) is 12.1 Å². The third-order valence-electron chi connectivity index (χ3n) is 2.18. The van der Waals surface area contributed by atoms with Crippen molar-refractivity contribution >= 4 is 11.6 Å². The first-order valence-corrected chi connectivity index (χ1v) is 5.74. The van der Waals surface area contributed by atoms with Crippen molar-refractivity contribution in [1.29, 1.82) is 0 Å². The van der Waals surface area contributed by atoms with Crippen molar-refractivity contribution in [2.75, 3.05) is 20.3 Å². The van der Waals surface area contributed by atoms with Gasteiger partial charge >= 0.3 is 0 Å². The van der Waals surface area contributed by atoms with E-state index < -0.39 is 0 Å². The summed E-state index contributed by atoms with van der Waals surface area (Å²) in [4.78, 5) is 0. The predicted octanol–water partition coefficient (Wildman–Crippen LogP) is 2.47.